The molecule has 3 heterocycles. The van der Waals surface area contributed by atoms with Gasteiger partial charge in [-0.3, -0.25) is 4.40 Å². The highest BCUT2D eigenvalue weighted by Crippen LogP contribution is 2.16. The molecular formula is C15H20BrN5O2. The second-order valence-electron chi connectivity index (χ2n) is 6.65. The number of nitrogens with one attached hydrogen (secondary N) is 1. The van der Waals surface area contributed by atoms with Gasteiger partial charge < -0.3 is 15.0 Å². The summed E-state index contributed by atoms with van der Waals surface area (Å²) >= 11 is 3.37. The van der Waals surface area contributed by atoms with Gasteiger partial charge in [0.15, 0.2) is 5.65 Å². The summed E-state index contributed by atoms with van der Waals surface area (Å²) in [5.41, 5.74) is 1.42. The number of hydrogen-bond acceptors (Lipinski definition) is 5. The van der Waals surface area contributed by atoms with Gasteiger partial charge in [0, 0.05) is 31.9 Å². The number of aromatic nitrogens is 3. The van der Waals surface area contributed by atoms with Crippen LogP contribution < -0.4 is 5.32 Å². The number of imidazole rings is 1. The molecule has 1 aliphatic heterocycles. The Hall–Kier alpha value is -1.67. The topological polar surface area (TPSA) is 71.8 Å². The fourth-order valence-electron chi connectivity index (χ4n) is 2.38. The number of halogens is 1. The highest BCUT2D eigenvalue weighted by Gasteiger charge is 2.33. The monoisotopic (exact) mass is 381 g/mol. The molecular weight excluding hydrogens is 362 g/mol. The van der Waals surface area contributed by atoms with E-state index in [1.165, 1.54) is 0 Å². The zero-order chi connectivity index (χ0) is 16.6. The molecule has 0 aromatic carbocycles. The Morgan fingerprint density at radius 2 is 2.13 bits per heavy atom. The maximum atomic E-state index is 11.9. The van der Waals surface area contributed by atoms with Crippen molar-refractivity contribution >= 4 is 27.7 Å². The van der Waals surface area contributed by atoms with Gasteiger partial charge in [-0.2, -0.15) is 0 Å². The highest BCUT2D eigenvalue weighted by atomic mass is 79.9. The Morgan fingerprint density at radius 3 is 2.83 bits per heavy atom. The third-order valence-electron chi connectivity index (χ3n) is 3.55. The van der Waals surface area contributed by atoms with Gasteiger partial charge in [0.25, 0.3) is 0 Å². The first kappa shape index (κ1) is 16.2. The van der Waals surface area contributed by atoms with Crippen molar-refractivity contribution in [2.24, 2.45) is 0 Å². The predicted octanol–water partition coefficient (Wildman–Crippen LogP) is 2.20. The summed E-state index contributed by atoms with van der Waals surface area (Å²) in [6.45, 7) is 7.63. The lowest BCUT2D eigenvalue weighted by atomic mass is 10.1. The molecule has 1 N–H and O–H groups in total. The van der Waals surface area contributed by atoms with E-state index in [1.54, 1.807) is 11.1 Å². The maximum Gasteiger partial charge on any atom is 0.410 e. The summed E-state index contributed by atoms with van der Waals surface area (Å²) in [5, 5.41) is 3.43. The Kier molecular flexibility index (Phi) is 4.29. The van der Waals surface area contributed by atoms with Gasteiger partial charge in [-0.25, -0.2) is 14.8 Å². The molecule has 0 bridgehead atoms. The molecule has 0 saturated carbocycles. The number of carbonyl (C=O) groups is 1. The van der Waals surface area contributed by atoms with Gasteiger partial charge in [-0.05, 0) is 36.7 Å². The average Bonchev–Trinajstić information content (AvgIpc) is 2.77. The summed E-state index contributed by atoms with van der Waals surface area (Å²) in [4.78, 5) is 22.1. The highest BCUT2D eigenvalue weighted by molar-refractivity contribution is 9.10. The number of amides is 1. The Bertz CT molecular complexity index is 718. The van der Waals surface area contributed by atoms with Crippen LogP contribution in [-0.4, -0.2) is 50.1 Å². The van der Waals surface area contributed by atoms with Gasteiger partial charge in [-0.15, -0.1) is 0 Å². The molecule has 1 saturated heterocycles. The number of fused-ring (bicyclic) bond motifs is 1. The first-order valence-corrected chi connectivity index (χ1v) is 8.30. The van der Waals surface area contributed by atoms with Crippen molar-refractivity contribution < 1.29 is 9.53 Å². The lowest BCUT2D eigenvalue weighted by Crippen LogP contribution is -2.60. The molecule has 23 heavy (non-hydrogen) atoms. The third-order valence-corrected chi connectivity index (χ3v) is 3.96. The van der Waals surface area contributed by atoms with Crippen molar-refractivity contribution in [1.29, 1.82) is 0 Å². The molecule has 2 aromatic heterocycles. The van der Waals surface area contributed by atoms with E-state index < -0.39 is 5.60 Å². The molecule has 3 rings (SSSR count). The van der Waals surface area contributed by atoms with Crippen molar-refractivity contribution in [3.8, 4) is 0 Å². The van der Waals surface area contributed by atoms with Crippen LogP contribution in [0.15, 0.2) is 23.2 Å². The van der Waals surface area contributed by atoms with Crippen LogP contribution in [0.5, 0.6) is 0 Å². The average molecular weight is 382 g/mol. The third kappa shape index (κ3) is 3.81. The Morgan fingerprint density at radius 1 is 1.39 bits per heavy atom. The van der Waals surface area contributed by atoms with E-state index >= 15 is 0 Å². The first-order chi connectivity index (χ1) is 10.8. The molecule has 0 spiro atoms. The van der Waals surface area contributed by atoms with E-state index in [4.69, 9.17) is 4.74 Å². The van der Waals surface area contributed by atoms with Crippen LogP contribution in [0.3, 0.4) is 0 Å². The molecule has 0 atom stereocenters. The number of likely N-dealkylation sites (tertiary alicyclic amines) is 1. The smallest absolute Gasteiger partial charge is 0.410 e. The molecule has 2 aromatic rings. The van der Waals surface area contributed by atoms with Crippen LogP contribution in [-0.2, 0) is 11.3 Å². The van der Waals surface area contributed by atoms with E-state index in [0.29, 0.717) is 19.6 Å². The predicted molar refractivity (Wildman–Crippen MR) is 89.1 cm³/mol. The Labute approximate surface area is 143 Å². The minimum atomic E-state index is -0.451. The van der Waals surface area contributed by atoms with Crippen LogP contribution in [0.25, 0.3) is 5.65 Å². The van der Waals surface area contributed by atoms with Crippen LogP contribution >= 0.6 is 15.9 Å². The fourth-order valence-corrected chi connectivity index (χ4v) is 2.69. The molecule has 1 amide bonds. The van der Waals surface area contributed by atoms with E-state index in [-0.39, 0.29) is 12.1 Å². The maximum absolute atomic E-state index is 11.9. The van der Waals surface area contributed by atoms with Crippen LogP contribution in [0.4, 0.5) is 4.79 Å². The molecule has 124 valence electrons. The Balaban J connectivity index is 1.51. The van der Waals surface area contributed by atoms with Crippen LogP contribution in [0.2, 0.25) is 0 Å². The largest absolute Gasteiger partial charge is 0.444 e. The molecule has 1 aliphatic rings. The summed E-state index contributed by atoms with van der Waals surface area (Å²) in [5.74, 6) is 0. The zero-order valence-electron chi connectivity index (χ0n) is 13.4. The minimum Gasteiger partial charge on any atom is -0.444 e. The lowest BCUT2D eigenvalue weighted by molar-refractivity contribution is 0.00515. The number of carbonyl (C=O) groups excluding carboxylic acids is 1. The van der Waals surface area contributed by atoms with E-state index in [9.17, 15) is 4.79 Å². The number of ether oxygens (including phenoxy) is 1. The van der Waals surface area contributed by atoms with Gasteiger partial charge in [0.2, 0.25) is 0 Å². The zero-order valence-corrected chi connectivity index (χ0v) is 15.0. The molecule has 0 unspecified atom stereocenters. The second-order valence-corrected chi connectivity index (χ2v) is 7.46. The summed E-state index contributed by atoms with van der Waals surface area (Å²) in [6.07, 6.45) is 5.20. The van der Waals surface area contributed by atoms with Crippen LogP contribution in [0, 0.1) is 0 Å². The second kappa shape index (κ2) is 6.09. The number of rotatable bonds is 3. The summed E-state index contributed by atoms with van der Waals surface area (Å²) in [7, 11) is 0. The van der Waals surface area contributed by atoms with Crippen molar-refractivity contribution in [2.45, 2.75) is 39.0 Å². The quantitative estimate of drug-likeness (QED) is 0.881. The molecule has 0 aliphatic carbocycles. The van der Waals surface area contributed by atoms with Crippen LogP contribution in [0.1, 0.15) is 26.5 Å². The number of nitrogens with zero attached hydrogens (tertiary/aromatic N) is 4. The SMILES string of the molecule is CC(C)(C)OC(=O)N1CC(NCc2cnc3cnc(Br)cn23)C1. The minimum absolute atomic E-state index is 0.250. The molecule has 8 heteroatoms. The van der Waals surface area contributed by atoms with Gasteiger partial charge in [0.1, 0.15) is 10.2 Å². The normalized spacial score (nSPS) is 15.7. The fraction of sp³-hybridized carbons (Fsp3) is 0.533. The van der Waals surface area contributed by atoms with E-state index in [0.717, 1.165) is 15.9 Å². The van der Waals surface area contributed by atoms with Gasteiger partial charge in [0.05, 0.1) is 18.1 Å². The van der Waals surface area contributed by atoms with Crippen molar-refractivity contribution in [1.82, 2.24) is 24.6 Å². The lowest BCUT2D eigenvalue weighted by Gasteiger charge is -2.40. The number of hydrogen-bond donors (Lipinski definition) is 1. The van der Waals surface area contributed by atoms with E-state index in [2.05, 4.69) is 31.2 Å². The molecule has 7 nitrogen and oxygen atoms in total. The van der Waals surface area contributed by atoms with Crippen molar-refractivity contribution in [3.05, 3.63) is 28.9 Å². The van der Waals surface area contributed by atoms with Crippen molar-refractivity contribution in [3.63, 3.8) is 0 Å². The standard InChI is InChI=1S/C15H20BrN5O2/c1-15(2,3)23-14(22)20-7-10(8-20)17-4-11-5-19-13-6-18-12(16)9-21(11)13/h5-6,9-10,17H,4,7-8H2,1-3H3. The summed E-state index contributed by atoms with van der Waals surface area (Å²) < 4.78 is 8.11. The van der Waals surface area contributed by atoms with Gasteiger partial charge in [-0.1, -0.05) is 0 Å². The van der Waals surface area contributed by atoms with Crippen molar-refractivity contribution in [2.75, 3.05) is 13.1 Å². The molecule has 1 fully saturated rings. The van der Waals surface area contributed by atoms with E-state index in [1.807, 2.05) is 37.6 Å². The van der Waals surface area contributed by atoms with Gasteiger partial charge >= 0.3 is 6.09 Å². The molecule has 0 radical (unpaired) electrons. The summed E-state index contributed by atoms with van der Waals surface area (Å²) in [6, 6.07) is 0.276. The first-order valence-electron chi connectivity index (χ1n) is 7.50.